The van der Waals surface area contributed by atoms with Gasteiger partial charge in [0.15, 0.2) is 0 Å². The Morgan fingerprint density at radius 3 is 1.82 bits per heavy atom. The molecule has 100 valence electrons. The minimum atomic E-state index is -4.64. The van der Waals surface area contributed by atoms with Crippen molar-refractivity contribution in [2.75, 3.05) is 0 Å². The first kappa shape index (κ1) is 16.3. The zero-order valence-corrected chi connectivity index (χ0v) is 11.5. The predicted molar refractivity (Wildman–Crippen MR) is 60.0 cm³/mol. The molecule has 7 nitrogen and oxygen atoms in total. The Morgan fingerprint density at radius 1 is 1.06 bits per heavy atom. The Hall–Kier alpha value is -0.660. The molecule has 0 amide bonds. The molecule has 0 aliphatic rings. The maximum atomic E-state index is 10.5. The Morgan fingerprint density at radius 2 is 1.47 bits per heavy atom. The summed E-state index contributed by atoms with van der Waals surface area (Å²) in [6.45, 7) is 5.35. The van der Waals surface area contributed by atoms with Gasteiger partial charge in [-0.15, -0.1) is 0 Å². The molecule has 0 radical (unpaired) electrons. The summed E-state index contributed by atoms with van der Waals surface area (Å²) in [5.74, 6) is 4.75. The van der Waals surface area contributed by atoms with Crippen LogP contribution in [-0.2, 0) is 29.8 Å². The van der Waals surface area contributed by atoms with Crippen molar-refractivity contribution in [3.63, 3.8) is 0 Å². The van der Waals surface area contributed by atoms with Gasteiger partial charge in [0.25, 0.3) is 11.0 Å². The number of hydrogen-bond acceptors (Lipinski definition) is 6. The second-order valence-corrected chi connectivity index (χ2v) is 5.75. The highest BCUT2D eigenvalue weighted by atomic mass is 32.3. The first-order valence-corrected chi connectivity index (χ1v) is 6.85. The monoisotopic (exact) mass is 286 g/mol. The van der Waals surface area contributed by atoms with E-state index in [2.05, 4.69) is 20.2 Å². The molecule has 1 N–H and O–H groups in total. The van der Waals surface area contributed by atoms with Crippen LogP contribution in [0.4, 0.5) is 0 Å². The van der Waals surface area contributed by atoms with Gasteiger partial charge in [-0.05, 0) is 27.7 Å². The van der Waals surface area contributed by atoms with Crippen LogP contribution in [0, 0.1) is 11.8 Å². The van der Waals surface area contributed by atoms with Crippen molar-refractivity contribution in [1.82, 2.24) is 0 Å². The number of hydrogen-bond donors (Lipinski definition) is 2. The van der Waals surface area contributed by atoms with E-state index in [4.69, 9.17) is 4.55 Å². The van der Waals surface area contributed by atoms with E-state index in [1.54, 1.807) is 0 Å². The summed E-state index contributed by atoms with van der Waals surface area (Å²) >= 11 is 0. The largest absolute Gasteiger partial charge is 0.398 e. The smallest absolute Gasteiger partial charge is 0.263 e. The molecule has 17 heavy (non-hydrogen) atoms. The quantitative estimate of drug-likeness (QED) is 0.422. The summed E-state index contributed by atoms with van der Waals surface area (Å²) in [6, 6.07) is 0. The van der Waals surface area contributed by atoms with E-state index in [0.29, 0.717) is 0 Å². The topological polar surface area (TPSA) is 107 Å². The van der Waals surface area contributed by atoms with Gasteiger partial charge in [-0.3, -0.25) is 8.74 Å². The zero-order valence-electron chi connectivity index (χ0n) is 9.75. The molecule has 0 aliphatic carbocycles. The fraction of sp³-hybridized carbons (Fsp3) is 0.750. The summed E-state index contributed by atoms with van der Waals surface area (Å²) in [5, 5.41) is 0. The summed E-state index contributed by atoms with van der Waals surface area (Å²) in [4.78, 5) is 0. The lowest BCUT2D eigenvalue weighted by atomic mass is 10.1. The maximum absolute atomic E-state index is 10.5. The minimum absolute atomic E-state index is 1.29. The molecule has 0 rings (SSSR count). The van der Waals surface area contributed by atoms with Crippen LogP contribution in [-0.4, -0.2) is 32.6 Å². The van der Waals surface area contributed by atoms with Crippen molar-refractivity contribution in [2.45, 2.75) is 38.9 Å². The molecular formula is C8H14O7S2. The molecule has 0 saturated heterocycles. The van der Waals surface area contributed by atoms with Gasteiger partial charge >= 0.3 is 10.4 Å². The third-order valence-electron chi connectivity index (χ3n) is 1.28. The third kappa shape index (κ3) is 9.08. The van der Waals surface area contributed by atoms with Gasteiger partial charge in [-0.2, -0.15) is 8.42 Å². The van der Waals surface area contributed by atoms with Crippen molar-refractivity contribution in [3.8, 4) is 11.8 Å². The van der Waals surface area contributed by atoms with Gasteiger partial charge in [-0.1, -0.05) is 11.8 Å². The van der Waals surface area contributed by atoms with Crippen LogP contribution in [0.5, 0.6) is 0 Å². The molecule has 0 heterocycles. The van der Waals surface area contributed by atoms with Gasteiger partial charge in [0, 0.05) is 0 Å². The second-order valence-electron chi connectivity index (χ2n) is 4.10. The van der Waals surface area contributed by atoms with E-state index >= 15 is 0 Å². The average molecular weight is 286 g/mol. The molecule has 0 aromatic heterocycles. The normalized spacial score (nSPS) is 13.3. The number of rotatable bonds is 4. The molecule has 0 aliphatic heterocycles. The average Bonchev–Trinajstić information content (AvgIpc) is 1.94. The van der Waals surface area contributed by atoms with Crippen LogP contribution >= 0.6 is 0 Å². The van der Waals surface area contributed by atoms with E-state index in [1.165, 1.54) is 27.7 Å². The van der Waals surface area contributed by atoms with Gasteiger partial charge in [0.05, 0.1) is 0 Å². The maximum Gasteiger partial charge on any atom is 0.398 e. The highest BCUT2D eigenvalue weighted by molar-refractivity contribution is 7.80. The van der Waals surface area contributed by atoms with E-state index in [1.807, 2.05) is 0 Å². The highest BCUT2D eigenvalue weighted by Gasteiger charge is 2.24. The van der Waals surface area contributed by atoms with Crippen molar-refractivity contribution in [2.24, 2.45) is 0 Å². The molecule has 0 fully saturated rings. The van der Waals surface area contributed by atoms with Crippen LogP contribution < -0.4 is 0 Å². The van der Waals surface area contributed by atoms with Crippen LogP contribution in [0.1, 0.15) is 27.7 Å². The summed E-state index contributed by atoms with van der Waals surface area (Å²) in [6.07, 6.45) is 0. The van der Waals surface area contributed by atoms with E-state index < -0.39 is 32.6 Å². The van der Waals surface area contributed by atoms with Gasteiger partial charge in [0.1, 0.15) is 11.2 Å². The molecule has 0 aromatic rings. The van der Waals surface area contributed by atoms with E-state index in [0.717, 1.165) is 0 Å². The van der Waals surface area contributed by atoms with Crippen LogP contribution in [0.3, 0.4) is 0 Å². The van der Waals surface area contributed by atoms with Crippen molar-refractivity contribution in [3.05, 3.63) is 0 Å². The predicted octanol–water partition coefficient (Wildman–Crippen LogP) is -0.0906. The van der Waals surface area contributed by atoms with Gasteiger partial charge < -0.3 is 0 Å². The fourth-order valence-corrected chi connectivity index (χ4v) is 1.78. The van der Waals surface area contributed by atoms with Crippen molar-refractivity contribution < 1.29 is 29.8 Å². The Kier molecular flexibility index (Phi) is 5.12. The molecular weight excluding hydrogens is 272 g/mol. The van der Waals surface area contributed by atoms with E-state index in [9.17, 15) is 16.8 Å². The van der Waals surface area contributed by atoms with Gasteiger partial charge in [0.2, 0.25) is 0 Å². The van der Waals surface area contributed by atoms with Crippen LogP contribution in [0.15, 0.2) is 0 Å². The minimum Gasteiger partial charge on any atom is -0.263 e. The molecule has 0 aromatic carbocycles. The first-order valence-electron chi connectivity index (χ1n) is 4.39. The SMILES string of the molecule is CC(C)(C#CC(C)(C)OS(=O)(=O)O)O[SH](=O)=O. The first-order chi connectivity index (χ1) is 7.33. The van der Waals surface area contributed by atoms with Crippen LogP contribution in [0.25, 0.3) is 0 Å². The second kappa shape index (κ2) is 5.32. The molecule has 0 atom stereocenters. The zero-order chi connectivity index (χ0) is 13.9. The van der Waals surface area contributed by atoms with Crippen LogP contribution in [0.2, 0.25) is 0 Å². The summed E-state index contributed by atoms with van der Waals surface area (Å²) < 4.78 is 58.9. The standard InChI is InChI=1S/C8H14O7S2/c1-7(2,14-16(9)10)5-6-8(3,4)15-17(11,12)13/h16H,1-4H3,(H,11,12,13). The number of thiol groups is 1. The van der Waals surface area contributed by atoms with E-state index in [-0.39, 0.29) is 0 Å². The Balaban J connectivity index is 4.95. The third-order valence-corrected chi connectivity index (χ3v) is 2.51. The summed E-state index contributed by atoms with van der Waals surface area (Å²) in [7, 11) is -7.71. The highest BCUT2D eigenvalue weighted by Crippen LogP contribution is 2.13. The van der Waals surface area contributed by atoms with Crippen molar-refractivity contribution >= 4 is 21.4 Å². The fourth-order valence-electron chi connectivity index (χ4n) is 0.794. The molecule has 0 saturated carbocycles. The van der Waals surface area contributed by atoms with Gasteiger partial charge in [-0.25, -0.2) is 12.6 Å². The molecule has 9 heteroatoms. The lowest BCUT2D eigenvalue weighted by Gasteiger charge is -2.18. The molecule has 0 spiro atoms. The Labute approximate surface area is 102 Å². The molecule has 0 bridgehead atoms. The lowest BCUT2D eigenvalue weighted by molar-refractivity contribution is 0.152. The molecule has 0 unspecified atom stereocenters. The lowest BCUT2D eigenvalue weighted by Crippen LogP contribution is -2.28. The van der Waals surface area contributed by atoms with Crippen molar-refractivity contribution in [1.29, 1.82) is 0 Å². The Bertz CT molecular complexity index is 494. The summed E-state index contributed by atoms with van der Waals surface area (Å²) in [5.41, 5.74) is -2.81.